The lowest BCUT2D eigenvalue weighted by Gasteiger charge is -2.30. The zero-order chi connectivity index (χ0) is 20.6. The van der Waals surface area contributed by atoms with Crippen molar-refractivity contribution < 1.29 is 13.2 Å². The minimum Gasteiger partial charge on any atom is -0.489 e. The van der Waals surface area contributed by atoms with Crippen molar-refractivity contribution in [1.29, 1.82) is 0 Å². The zero-order valence-electron chi connectivity index (χ0n) is 16.7. The molecule has 0 atom stereocenters. The number of aromatic amines is 1. The molecule has 156 valence electrons. The van der Waals surface area contributed by atoms with Crippen LogP contribution in [0.3, 0.4) is 0 Å². The van der Waals surface area contributed by atoms with Gasteiger partial charge in [0.1, 0.15) is 0 Å². The van der Waals surface area contributed by atoms with Crippen molar-refractivity contribution in [3.63, 3.8) is 0 Å². The van der Waals surface area contributed by atoms with Crippen molar-refractivity contribution in [3.05, 3.63) is 24.2 Å². The fourth-order valence-corrected chi connectivity index (χ4v) is 4.50. The molecule has 3 aromatic heterocycles. The standard InChI is InChI=1S/C18H25N7O3S/c1-4-28-16-14(15-11-19-22-12(15)2)7-10-25-17(16)21-18(23-25)20-13-5-8-24(9-6-13)29(3,26)27/h7,10-11,13H,4-6,8-9H2,1-3H3,(H,19,22)(H,20,23). The molecular formula is C18H25N7O3S. The highest BCUT2D eigenvalue weighted by atomic mass is 32.2. The van der Waals surface area contributed by atoms with Gasteiger partial charge in [-0.05, 0) is 32.8 Å². The van der Waals surface area contributed by atoms with E-state index in [9.17, 15) is 8.42 Å². The van der Waals surface area contributed by atoms with Crippen LogP contribution in [-0.4, -0.2) is 69.5 Å². The molecule has 1 fully saturated rings. The van der Waals surface area contributed by atoms with Gasteiger partial charge in [0.2, 0.25) is 16.0 Å². The number of H-pyrrole nitrogens is 1. The number of ether oxygens (including phenoxy) is 1. The molecule has 3 aromatic rings. The van der Waals surface area contributed by atoms with Gasteiger partial charge in [0, 0.05) is 42.7 Å². The van der Waals surface area contributed by atoms with Crippen molar-refractivity contribution >= 4 is 21.6 Å². The Bertz CT molecular complexity index is 1110. The Labute approximate surface area is 169 Å². The zero-order valence-corrected chi connectivity index (χ0v) is 17.5. The predicted molar refractivity (Wildman–Crippen MR) is 110 cm³/mol. The monoisotopic (exact) mass is 419 g/mol. The summed E-state index contributed by atoms with van der Waals surface area (Å²) in [7, 11) is -3.14. The van der Waals surface area contributed by atoms with Gasteiger partial charge in [-0.1, -0.05) is 0 Å². The quantitative estimate of drug-likeness (QED) is 0.624. The average Bonchev–Trinajstić information content (AvgIpc) is 3.28. The number of nitrogens with one attached hydrogen (secondary N) is 2. The topological polar surface area (TPSA) is 118 Å². The van der Waals surface area contributed by atoms with E-state index in [4.69, 9.17) is 4.74 Å². The molecule has 1 saturated heterocycles. The second-order valence-corrected chi connectivity index (χ2v) is 9.14. The molecule has 2 N–H and O–H groups in total. The van der Waals surface area contributed by atoms with Crippen molar-refractivity contribution in [1.82, 2.24) is 29.1 Å². The fourth-order valence-electron chi connectivity index (χ4n) is 3.63. The van der Waals surface area contributed by atoms with E-state index in [1.54, 1.807) is 4.52 Å². The Kier molecular flexibility index (Phi) is 5.17. The predicted octanol–water partition coefficient (Wildman–Crippen LogP) is 1.66. The van der Waals surface area contributed by atoms with Gasteiger partial charge in [0.15, 0.2) is 11.4 Å². The maximum atomic E-state index is 11.7. The van der Waals surface area contributed by atoms with Crippen LogP contribution in [0, 0.1) is 6.92 Å². The second kappa shape index (κ2) is 7.64. The molecule has 1 aliphatic rings. The lowest BCUT2D eigenvalue weighted by atomic mass is 10.1. The van der Waals surface area contributed by atoms with E-state index < -0.39 is 10.0 Å². The largest absolute Gasteiger partial charge is 0.489 e. The summed E-state index contributed by atoms with van der Waals surface area (Å²) < 4.78 is 32.5. The Hall–Kier alpha value is -2.66. The van der Waals surface area contributed by atoms with Crippen LogP contribution in [0.2, 0.25) is 0 Å². The van der Waals surface area contributed by atoms with Gasteiger partial charge < -0.3 is 10.1 Å². The smallest absolute Gasteiger partial charge is 0.243 e. The molecule has 0 amide bonds. The number of anilines is 1. The SMILES string of the molecule is CCOc1c(-c2c[nH]nc2C)ccn2nc(NC3CCN(S(C)(=O)=O)CC3)nc12. The fraction of sp³-hybridized carbons (Fsp3) is 0.500. The first-order valence-corrected chi connectivity index (χ1v) is 11.5. The molecular weight excluding hydrogens is 394 g/mol. The number of aromatic nitrogens is 5. The lowest BCUT2D eigenvalue weighted by Crippen LogP contribution is -2.41. The Morgan fingerprint density at radius 3 is 2.69 bits per heavy atom. The van der Waals surface area contributed by atoms with Crippen LogP contribution >= 0.6 is 0 Å². The van der Waals surface area contributed by atoms with Gasteiger partial charge in [-0.25, -0.2) is 17.2 Å². The Balaban J connectivity index is 1.60. The van der Waals surface area contributed by atoms with Crippen LogP contribution in [0.5, 0.6) is 5.75 Å². The maximum Gasteiger partial charge on any atom is 0.243 e. The van der Waals surface area contributed by atoms with Crippen molar-refractivity contribution in [2.75, 3.05) is 31.3 Å². The van der Waals surface area contributed by atoms with E-state index in [2.05, 4.69) is 25.6 Å². The summed E-state index contributed by atoms with van der Waals surface area (Å²) in [5, 5.41) is 14.9. The first kappa shape index (κ1) is 19.6. The van der Waals surface area contributed by atoms with Crippen LogP contribution in [-0.2, 0) is 10.0 Å². The third kappa shape index (κ3) is 3.92. The molecule has 0 unspecified atom stereocenters. The number of sulfonamides is 1. The third-order valence-electron chi connectivity index (χ3n) is 5.13. The van der Waals surface area contributed by atoms with E-state index in [0.29, 0.717) is 49.9 Å². The lowest BCUT2D eigenvalue weighted by molar-refractivity contribution is 0.331. The van der Waals surface area contributed by atoms with Crippen molar-refractivity contribution in [2.45, 2.75) is 32.7 Å². The third-order valence-corrected chi connectivity index (χ3v) is 6.43. The van der Waals surface area contributed by atoms with E-state index in [1.807, 2.05) is 32.3 Å². The molecule has 0 radical (unpaired) electrons. The molecule has 0 bridgehead atoms. The van der Waals surface area contributed by atoms with E-state index in [-0.39, 0.29) is 6.04 Å². The molecule has 4 heterocycles. The average molecular weight is 420 g/mol. The van der Waals surface area contributed by atoms with Crippen LogP contribution < -0.4 is 10.1 Å². The van der Waals surface area contributed by atoms with E-state index in [1.165, 1.54) is 10.6 Å². The van der Waals surface area contributed by atoms with Crippen LogP contribution in [0.15, 0.2) is 18.5 Å². The summed E-state index contributed by atoms with van der Waals surface area (Å²) in [5.74, 6) is 1.16. The van der Waals surface area contributed by atoms with Gasteiger partial charge in [-0.2, -0.15) is 10.1 Å². The van der Waals surface area contributed by atoms with Gasteiger partial charge in [-0.3, -0.25) is 5.10 Å². The molecule has 4 rings (SSSR count). The minimum atomic E-state index is -3.14. The number of nitrogens with zero attached hydrogens (tertiary/aromatic N) is 5. The van der Waals surface area contributed by atoms with Gasteiger partial charge in [0.25, 0.3) is 0 Å². The minimum absolute atomic E-state index is 0.122. The summed E-state index contributed by atoms with van der Waals surface area (Å²) in [6.07, 6.45) is 6.36. The van der Waals surface area contributed by atoms with Crippen LogP contribution in [0.25, 0.3) is 16.8 Å². The van der Waals surface area contributed by atoms with Crippen LogP contribution in [0.1, 0.15) is 25.5 Å². The highest BCUT2D eigenvalue weighted by molar-refractivity contribution is 7.88. The Morgan fingerprint density at radius 1 is 1.31 bits per heavy atom. The second-order valence-electron chi connectivity index (χ2n) is 7.16. The van der Waals surface area contributed by atoms with Crippen molar-refractivity contribution in [3.8, 4) is 16.9 Å². The van der Waals surface area contributed by atoms with E-state index in [0.717, 1.165) is 16.8 Å². The number of piperidine rings is 1. The normalized spacial score (nSPS) is 16.4. The molecule has 0 aromatic carbocycles. The summed E-state index contributed by atoms with van der Waals surface area (Å²) in [6, 6.07) is 2.07. The molecule has 10 nitrogen and oxygen atoms in total. The molecule has 0 aliphatic carbocycles. The molecule has 0 spiro atoms. The number of fused-ring (bicyclic) bond motifs is 1. The Morgan fingerprint density at radius 2 is 2.07 bits per heavy atom. The number of hydrogen-bond donors (Lipinski definition) is 2. The van der Waals surface area contributed by atoms with E-state index >= 15 is 0 Å². The van der Waals surface area contributed by atoms with Gasteiger partial charge in [0.05, 0.1) is 18.6 Å². The molecule has 1 aliphatic heterocycles. The van der Waals surface area contributed by atoms with Gasteiger partial charge >= 0.3 is 0 Å². The first-order valence-electron chi connectivity index (χ1n) is 9.61. The molecule has 11 heteroatoms. The molecule has 0 saturated carbocycles. The number of aryl methyl sites for hydroxylation is 1. The summed E-state index contributed by atoms with van der Waals surface area (Å²) in [5.41, 5.74) is 3.37. The first-order chi connectivity index (χ1) is 13.9. The van der Waals surface area contributed by atoms with Crippen molar-refractivity contribution in [2.24, 2.45) is 0 Å². The van der Waals surface area contributed by atoms with Gasteiger partial charge in [-0.15, -0.1) is 5.10 Å². The summed E-state index contributed by atoms with van der Waals surface area (Å²) >= 11 is 0. The number of pyridine rings is 1. The maximum absolute atomic E-state index is 11.7. The van der Waals surface area contributed by atoms with Crippen LogP contribution in [0.4, 0.5) is 5.95 Å². The molecule has 29 heavy (non-hydrogen) atoms. The summed E-state index contributed by atoms with van der Waals surface area (Å²) in [4.78, 5) is 4.65. The summed E-state index contributed by atoms with van der Waals surface area (Å²) in [6.45, 7) is 5.37. The number of hydrogen-bond acceptors (Lipinski definition) is 7. The highest BCUT2D eigenvalue weighted by Crippen LogP contribution is 2.34. The number of rotatable bonds is 6. The highest BCUT2D eigenvalue weighted by Gasteiger charge is 2.26.